The monoisotopic (exact) mass is 485 g/mol. The molecule has 1 heterocycles. The molecule has 12 heteroatoms. The first-order chi connectivity index (χ1) is 16.8. The minimum absolute atomic E-state index is 0.0560. The quantitative estimate of drug-likeness (QED) is 0.0959. The van der Waals surface area contributed by atoms with Crippen LogP contribution in [0.15, 0.2) is 47.5 Å². The number of benzene rings is 2. The molecule has 1 aliphatic heterocycles. The van der Waals surface area contributed by atoms with Crippen LogP contribution in [-0.4, -0.2) is 55.3 Å². The SMILES string of the molecule is COc1ccc(CN=C(NC#N)N[C@H]2c3cc([N+](=O)[O-])ccc3O[C@@](C)(C(OC)OC)[C@@H]2O)cc1. The minimum atomic E-state index is -1.40. The number of nitro groups is 1. The van der Waals surface area contributed by atoms with Crippen LogP contribution < -0.4 is 20.1 Å². The van der Waals surface area contributed by atoms with Gasteiger partial charge in [-0.25, -0.2) is 4.99 Å². The maximum atomic E-state index is 11.4. The molecule has 12 nitrogen and oxygen atoms in total. The van der Waals surface area contributed by atoms with Gasteiger partial charge in [-0.05, 0) is 30.7 Å². The van der Waals surface area contributed by atoms with Crippen LogP contribution in [0.5, 0.6) is 11.5 Å². The molecule has 0 radical (unpaired) electrons. The van der Waals surface area contributed by atoms with Crippen molar-refractivity contribution < 1.29 is 29.0 Å². The summed E-state index contributed by atoms with van der Waals surface area (Å²) in [4.78, 5) is 15.3. The van der Waals surface area contributed by atoms with Crippen molar-refractivity contribution in [2.75, 3.05) is 21.3 Å². The number of nitriles is 1. The summed E-state index contributed by atoms with van der Waals surface area (Å²) in [5, 5.41) is 37.5. The molecule has 35 heavy (non-hydrogen) atoms. The zero-order valence-electron chi connectivity index (χ0n) is 19.7. The molecule has 186 valence electrons. The van der Waals surface area contributed by atoms with E-state index >= 15 is 0 Å². The lowest BCUT2D eigenvalue weighted by Gasteiger charge is -2.46. The predicted molar refractivity (Wildman–Crippen MR) is 125 cm³/mol. The van der Waals surface area contributed by atoms with Gasteiger partial charge in [0.15, 0.2) is 18.1 Å². The third-order valence-corrected chi connectivity index (χ3v) is 5.71. The Morgan fingerprint density at radius 3 is 2.54 bits per heavy atom. The Morgan fingerprint density at radius 2 is 1.97 bits per heavy atom. The van der Waals surface area contributed by atoms with E-state index in [1.54, 1.807) is 26.2 Å². The summed E-state index contributed by atoms with van der Waals surface area (Å²) in [6, 6.07) is 10.3. The average Bonchev–Trinajstić information content (AvgIpc) is 2.86. The summed E-state index contributed by atoms with van der Waals surface area (Å²) in [7, 11) is 4.38. The molecule has 2 aromatic carbocycles. The van der Waals surface area contributed by atoms with E-state index in [0.717, 1.165) is 5.56 Å². The number of aliphatic imine (C=N–C) groups is 1. The number of guanidine groups is 1. The van der Waals surface area contributed by atoms with Crippen LogP contribution in [0.1, 0.15) is 24.1 Å². The van der Waals surface area contributed by atoms with E-state index < -0.39 is 29.0 Å². The highest BCUT2D eigenvalue weighted by molar-refractivity contribution is 5.82. The van der Waals surface area contributed by atoms with Crippen LogP contribution in [0, 0.1) is 21.6 Å². The first-order valence-electron chi connectivity index (χ1n) is 10.6. The Kier molecular flexibility index (Phi) is 8.08. The summed E-state index contributed by atoms with van der Waals surface area (Å²) >= 11 is 0. The molecule has 2 aromatic rings. The number of methoxy groups -OCH3 is 3. The van der Waals surface area contributed by atoms with Crippen LogP contribution in [0.3, 0.4) is 0 Å². The first kappa shape index (κ1) is 25.7. The zero-order chi connectivity index (χ0) is 25.6. The van der Waals surface area contributed by atoms with Gasteiger partial charge in [-0.3, -0.25) is 15.4 Å². The number of ether oxygens (including phenoxy) is 4. The second-order valence-corrected chi connectivity index (χ2v) is 7.89. The van der Waals surface area contributed by atoms with Gasteiger partial charge in [-0.2, -0.15) is 5.26 Å². The zero-order valence-corrected chi connectivity index (χ0v) is 19.7. The summed E-state index contributed by atoms with van der Waals surface area (Å²) in [5.74, 6) is 1.03. The summed E-state index contributed by atoms with van der Waals surface area (Å²) in [6.45, 7) is 1.80. The molecule has 0 bridgehead atoms. The number of fused-ring (bicyclic) bond motifs is 1. The Labute approximate surface area is 202 Å². The van der Waals surface area contributed by atoms with Gasteiger partial charge >= 0.3 is 0 Å². The first-order valence-corrected chi connectivity index (χ1v) is 10.6. The summed E-state index contributed by atoms with van der Waals surface area (Å²) in [6.07, 6.45) is -0.491. The molecule has 0 aliphatic carbocycles. The molecule has 0 saturated carbocycles. The van der Waals surface area contributed by atoms with Gasteiger partial charge in [0.05, 0.1) is 24.6 Å². The van der Waals surface area contributed by atoms with E-state index in [2.05, 4.69) is 15.6 Å². The molecule has 1 aliphatic rings. The molecule has 0 aromatic heterocycles. The fourth-order valence-corrected chi connectivity index (χ4v) is 3.91. The van der Waals surface area contributed by atoms with Gasteiger partial charge in [-0.15, -0.1) is 0 Å². The molecule has 3 atom stereocenters. The van der Waals surface area contributed by atoms with Gasteiger partial charge in [0, 0.05) is 31.9 Å². The molecule has 0 amide bonds. The van der Waals surface area contributed by atoms with Crippen molar-refractivity contribution in [2.24, 2.45) is 4.99 Å². The number of non-ortho nitro benzene ring substituents is 1. The highest BCUT2D eigenvalue weighted by atomic mass is 16.7. The van der Waals surface area contributed by atoms with E-state index in [4.69, 9.17) is 18.9 Å². The van der Waals surface area contributed by atoms with Crippen LogP contribution in [-0.2, 0) is 16.0 Å². The van der Waals surface area contributed by atoms with Gasteiger partial charge < -0.3 is 29.4 Å². The number of hydrogen-bond acceptors (Lipinski definition) is 9. The minimum Gasteiger partial charge on any atom is -0.497 e. The Morgan fingerprint density at radius 1 is 1.29 bits per heavy atom. The predicted octanol–water partition coefficient (Wildman–Crippen LogP) is 1.99. The van der Waals surface area contributed by atoms with Crippen LogP contribution in [0.4, 0.5) is 5.69 Å². The lowest BCUT2D eigenvalue weighted by Crippen LogP contribution is -2.62. The molecule has 3 rings (SSSR count). The summed E-state index contributed by atoms with van der Waals surface area (Å²) in [5.41, 5.74) is -0.433. The number of nitrogens with one attached hydrogen (secondary N) is 2. The number of hydrogen-bond donors (Lipinski definition) is 3. The number of aliphatic hydroxyl groups is 1. The van der Waals surface area contributed by atoms with Gasteiger partial charge in [0.2, 0.25) is 5.96 Å². The maximum Gasteiger partial charge on any atom is 0.270 e. The second-order valence-electron chi connectivity index (χ2n) is 7.89. The standard InChI is InChI=1S/C23H27N5O7/c1-23(21(33-3)34-4)20(29)19(17-11-15(28(30)31)7-10-18(17)35-23)27-22(26-13-24)25-12-14-5-8-16(32-2)9-6-14/h5-11,19-21,29H,12H2,1-4H3,(H2,25,26,27)/t19-,20+,23+/m0/s1. The maximum absolute atomic E-state index is 11.4. The molecular weight excluding hydrogens is 458 g/mol. The van der Waals surface area contributed by atoms with Gasteiger partial charge in [-0.1, -0.05) is 12.1 Å². The van der Waals surface area contributed by atoms with E-state index in [1.165, 1.54) is 32.4 Å². The fourth-order valence-electron chi connectivity index (χ4n) is 3.91. The van der Waals surface area contributed by atoms with E-state index in [-0.39, 0.29) is 23.9 Å². The highest BCUT2D eigenvalue weighted by Crippen LogP contribution is 2.43. The largest absolute Gasteiger partial charge is 0.497 e. The average molecular weight is 485 g/mol. The van der Waals surface area contributed by atoms with Crippen molar-refractivity contribution in [1.82, 2.24) is 10.6 Å². The van der Waals surface area contributed by atoms with Crippen molar-refractivity contribution in [2.45, 2.75) is 37.5 Å². The van der Waals surface area contributed by atoms with Crippen molar-refractivity contribution in [1.29, 1.82) is 5.26 Å². The van der Waals surface area contributed by atoms with Gasteiger partial charge in [0.25, 0.3) is 5.69 Å². The second kappa shape index (κ2) is 11.0. The van der Waals surface area contributed by atoms with E-state index in [1.807, 2.05) is 18.3 Å². The number of rotatable bonds is 8. The summed E-state index contributed by atoms with van der Waals surface area (Å²) < 4.78 is 21.9. The smallest absolute Gasteiger partial charge is 0.270 e. The van der Waals surface area contributed by atoms with Crippen molar-refractivity contribution in [3.05, 3.63) is 63.7 Å². The van der Waals surface area contributed by atoms with Crippen molar-refractivity contribution in [3.63, 3.8) is 0 Å². The molecule has 0 spiro atoms. The normalized spacial score (nSPS) is 21.5. The molecule has 0 fully saturated rings. The van der Waals surface area contributed by atoms with Crippen molar-refractivity contribution in [3.8, 4) is 17.7 Å². The number of aliphatic hydroxyl groups excluding tert-OH is 1. The molecular formula is C23H27N5O7. The van der Waals surface area contributed by atoms with Gasteiger partial charge in [0.1, 0.15) is 17.6 Å². The van der Waals surface area contributed by atoms with Crippen molar-refractivity contribution >= 4 is 11.6 Å². The molecule has 0 unspecified atom stereocenters. The molecule has 0 saturated heterocycles. The lowest BCUT2D eigenvalue weighted by molar-refractivity contribution is -0.385. The molecule has 3 N–H and O–H groups in total. The van der Waals surface area contributed by atoms with Crippen LogP contribution >= 0.6 is 0 Å². The van der Waals surface area contributed by atoms with Crippen LogP contribution in [0.2, 0.25) is 0 Å². The highest BCUT2D eigenvalue weighted by Gasteiger charge is 2.52. The van der Waals surface area contributed by atoms with Crippen LogP contribution in [0.25, 0.3) is 0 Å². The Hall–Kier alpha value is -3.92. The van der Waals surface area contributed by atoms with E-state index in [9.17, 15) is 20.5 Å². The lowest BCUT2D eigenvalue weighted by atomic mass is 9.84. The third kappa shape index (κ3) is 5.43. The Bertz CT molecular complexity index is 1110. The van der Waals surface area contributed by atoms with E-state index in [0.29, 0.717) is 11.3 Å². The Balaban J connectivity index is 2.00. The fraction of sp³-hybridized carbons (Fsp3) is 0.391. The topological polar surface area (TPSA) is 160 Å². The number of nitro benzene ring substituents is 1. The number of nitrogens with zero attached hydrogens (tertiary/aromatic N) is 3. The third-order valence-electron chi connectivity index (χ3n) is 5.71.